The molecular formula is C12H22S. The Balaban J connectivity index is 2.87. The molecule has 0 aromatic carbocycles. The molecule has 76 valence electrons. The van der Waals surface area contributed by atoms with E-state index in [-0.39, 0.29) is 0 Å². The van der Waals surface area contributed by atoms with Crippen molar-refractivity contribution in [2.24, 2.45) is 11.8 Å². The summed E-state index contributed by atoms with van der Waals surface area (Å²) in [6.45, 7) is 11.7. The zero-order chi connectivity index (χ0) is 10.0. The van der Waals surface area contributed by atoms with Gasteiger partial charge in [-0.05, 0) is 29.6 Å². The van der Waals surface area contributed by atoms with Gasteiger partial charge in [0.1, 0.15) is 0 Å². The van der Waals surface area contributed by atoms with Crippen LogP contribution in [0.15, 0.2) is 10.5 Å². The standard InChI is InChI=1S/C12H22S/c1-8(2)11-7-6-10(5)13-12(11)9(3)4/h8-10H,6-7H2,1-5H3. The molecule has 0 N–H and O–H groups in total. The van der Waals surface area contributed by atoms with Crippen molar-refractivity contribution in [3.8, 4) is 0 Å². The minimum atomic E-state index is 0.727. The van der Waals surface area contributed by atoms with Crippen LogP contribution in [0.1, 0.15) is 47.5 Å². The summed E-state index contributed by atoms with van der Waals surface area (Å²) in [5, 5.41) is 0.833. The Kier molecular flexibility index (Phi) is 3.90. The van der Waals surface area contributed by atoms with Crippen LogP contribution in [0.2, 0.25) is 0 Å². The molecule has 0 aromatic heterocycles. The molecule has 0 amide bonds. The van der Waals surface area contributed by atoms with Gasteiger partial charge < -0.3 is 0 Å². The molecule has 0 bridgehead atoms. The molecule has 1 aliphatic heterocycles. The topological polar surface area (TPSA) is 0 Å². The maximum atomic E-state index is 2.35. The quantitative estimate of drug-likeness (QED) is 0.631. The van der Waals surface area contributed by atoms with Gasteiger partial charge in [-0.15, -0.1) is 11.8 Å². The Bertz CT molecular complexity index is 201. The molecule has 0 spiro atoms. The molecule has 13 heavy (non-hydrogen) atoms. The third-order valence-corrected chi connectivity index (χ3v) is 4.31. The van der Waals surface area contributed by atoms with Gasteiger partial charge in [0, 0.05) is 5.25 Å². The van der Waals surface area contributed by atoms with Gasteiger partial charge in [0.05, 0.1) is 0 Å². The monoisotopic (exact) mass is 198 g/mol. The SMILES string of the molecule is CC1CCC(C(C)C)=C(C(C)C)S1. The van der Waals surface area contributed by atoms with Crippen molar-refractivity contribution in [2.45, 2.75) is 52.7 Å². The van der Waals surface area contributed by atoms with Crippen molar-refractivity contribution in [2.75, 3.05) is 0 Å². The van der Waals surface area contributed by atoms with Gasteiger partial charge in [-0.1, -0.05) is 40.2 Å². The van der Waals surface area contributed by atoms with Crippen molar-refractivity contribution in [1.82, 2.24) is 0 Å². The minimum absolute atomic E-state index is 0.727. The highest BCUT2D eigenvalue weighted by molar-refractivity contribution is 8.03. The van der Waals surface area contributed by atoms with Crippen molar-refractivity contribution < 1.29 is 0 Å². The Labute approximate surface area is 87.2 Å². The second-order valence-electron chi connectivity index (χ2n) is 4.67. The van der Waals surface area contributed by atoms with Crippen LogP contribution in [0.4, 0.5) is 0 Å². The van der Waals surface area contributed by atoms with E-state index >= 15 is 0 Å². The van der Waals surface area contributed by atoms with E-state index in [0.717, 1.165) is 17.1 Å². The summed E-state index contributed by atoms with van der Waals surface area (Å²) in [7, 11) is 0. The highest BCUT2D eigenvalue weighted by Crippen LogP contribution is 2.41. The molecule has 1 heteroatoms. The van der Waals surface area contributed by atoms with Crippen molar-refractivity contribution in [3.63, 3.8) is 0 Å². The predicted molar refractivity (Wildman–Crippen MR) is 63.0 cm³/mol. The van der Waals surface area contributed by atoms with Gasteiger partial charge in [0.25, 0.3) is 0 Å². The van der Waals surface area contributed by atoms with E-state index in [2.05, 4.69) is 46.4 Å². The number of rotatable bonds is 2. The van der Waals surface area contributed by atoms with Crippen LogP contribution in [0.5, 0.6) is 0 Å². The second-order valence-corrected chi connectivity index (χ2v) is 6.15. The molecule has 1 rings (SSSR count). The van der Waals surface area contributed by atoms with Crippen molar-refractivity contribution >= 4 is 11.8 Å². The van der Waals surface area contributed by atoms with E-state index in [9.17, 15) is 0 Å². The van der Waals surface area contributed by atoms with Gasteiger partial charge in [-0.25, -0.2) is 0 Å². The Hall–Kier alpha value is 0.0900. The lowest BCUT2D eigenvalue weighted by molar-refractivity contribution is 0.641. The number of thioether (sulfide) groups is 1. The van der Waals surface area contributed by atoms with Gasteiger partial charge >= 0.3 is 0 Å². The van der Waals surface area contributed by atoms with E-state index in [0.29, 0.717) is 0 Å². The van der Waals surface area contributed by atoms with Crippen LogP contribution in [0.3, 0.4) is 0 Å². The van der Waals surface area contributed by atoms with E-state index in [1.54, 1.807) is 10.5 Å². The lowest BCUT2D eigenvalue weighted by atomic mass is 9.93. The molecule has 0 fully saturated rings. The van der Waals surface area contributed by atoms with E-state index in [4.69, 9.17) is 0 Å². The van der Waals surface area contributed by atoms with Gasteiger partial charge in [-0.2, -0.15) is 0 Å². The van der Waals surface area contributed by atoms with Gasteiger partial charge in [0.15, 0.2) is 0 Å². The van der Waals surface area contributed by atoms with Crippen LogP contribution in [-0.2, 0) is 0 Å². The zero-order valence-electron chi connectivity index (χ0n) is 9.55. The lowest BCUT2D eigenvalue weighted by Gasteiger charge is -2.28. The van der Waals surface area contributed by atoms with Crippen molar-refractivity contribution in [1.29, 1.82) is 0 Å². The zero-order valence-corrected chi connectivity index (χ0v) is 10.4. The average Bonchev–Trinajstić information content (AvgIpc) is 2.03. The van der Waals surface area contributed by atoms with E-state index in [1.165, 1.54) is 12.8 Å². The summed E-state index contributed by atoms with van der Waals surface area (Å²) in [6, 6.07) is 0. The number of hydrogen-bond donors (Lipinski definition) is 0. The molecule has 0 nitrogen and oxygen atoms in total. The molecule has 1 unspecified atom stereocenters. The maximum Gasteiger partial charge on any atom is 0.00660 e. The summed E-state index contributed by atoms with van der Waals surface area (Å²) in [4.78, 5) is 1.67. The number of allylic oxidation sites excluding steroid dienone is 2. The maximum absolute atomic E-state index is 2.35. The molecule has 1 heterocycles. The fourth-order valence-corrected chi connectivity index (χ4v) is 3.34. The minimum Gasteiger partial charge on any atom is -0.127 e. The van der Waals surface area contributed by atoms with E-state index < -0.39 is 0 Å². The third-order valence-electron chi connectivity index (χ3n) is 2.69. The normalized spacial score (nSPS) is 24.7. The fourth-order valence-electron chi connectivity index (χ4n) is 1.91. The first-order valence-corrected chi connectivity index (χ1v) is 6.30. The average molecular weight is 198 g/mol. The molecular weight excluding hydrogens is 176 g/mol. The third kappa shape index (κ3) is 2.77. The van der Waals surface area contributed by atoms with Crippen LogP contribution < -0.4 is 0 Å². The van der Waals surface area contributed by atoms with Crippen molar-refractivity contribution in [3.05, 3.63) is 10.5 Å². The number of hydrogen-bond acceptors (Lipinski definition) is 1. The van der Waals surface area contributed by atoms with Crippen LogP contribution in [0.25, 0.3) is 0 Å². The molecule has 0 saturated carbocycles. The van der Waals surface area contributed by atoms with Crippen LogP contribution in [-0.4, -0.2) is 5.25 Å². The molecule has 1 atom stereocenters. The van der Waals surface area contributed by atoms with Crippen LogP contribution in [0, 0.1) is 11.8 Å². The smallest absolute Gasteiger partial charge is 0.00660 e. The molecule has 0 aliphatic carbocycles. The van der Waals surface area contributed by atoms with Gasteiger partial charge in [0.2, 0.25) is 0 Å². The summed E-state index contributed by atoms with van der Waals surface area (Å²) < 4.78 is 0. The predicted octanol–water partition coefficient (Wildman–Crippen LogP) is 4.47. The molecule has 0 saturated heterocycles. The highest BCUT2D eigenvalue weighted by atomic mass is 32.2. The summed E-state index contributed by atoms with van der Waals surface area (Å²) in [5.74, 6) is 1.47. The first-order valence-electron chi connectivity index (χ1n) is 5.42. The first kappa shape index (κ1) is 11.2. The highest BCUT2D eigenvalue weighted by Gasteiger charge is 2.21. The Morgan fingerprint density at radius 2 is 1.77 bits per heavy atom. The van der Waals surface area contributed by atoms with Gasteiger partial charge in [-0.3, -0.25) is 0 Å². The first-order chi connectivity index (χ1) is 6.02. The summed E-state index contributed by atoms with van der Waals surface area (Å²) in [5.41, 5.74) is 1.72. The molecule has 0 aromatic rings. The van der Waals surface area contributed by atoms with Crippen LogP contribution >= 0.6 is 11.8 Å². The molecule has 0 radical (unpaired) electrons. The second kappa shape index (κ2) is 4.54. The largest absolute Gasteiger partial charge is 0.127 e. The Morgan fingerprint density at radius 3 is 2.23 bits per heavy atom. The van der Waals surface area contributed by atoms with E-state index in [1.807, 2.05) is 0 Å². The molecule has 1 aliphatic rings. The summed E-state index contributed by atoms with van der Waals surface area (Å²) >= 11 is 2.11. The Morgan fingerprint density at radius 1 is 1.15 bits per heavy atom. The fraction of sp³-hybridized carbons (Fsp3) is 0.833. The summed E-state index contributed by atoms with van der Waals surface area (Å²) in [6.07, 6.45) is 2.70. The lowest BCUT2D eigenvalue weighted by Crippen LogP contribution is -2.12.